The average molecular weight is 445 g/mol. The monoisotopic (exact) mass is 444 g/mol. The zero-order chi connectivity index (χ0) is 21.3. The van der Waals surface area contributed by atoms with E-state index in [-0.39, 0.29) is 34.7 Å². The molecule has 0 radical (unpaired) electrons. The molecule has 0 aliphatic carbocycles. The van der Waals surface area contributed by atoms with Gasteiger partial charge in [-0.2, -0.15) is 4.31 Å². The van der Waals surface area contributed by atoms with Gasteiger partial charge < -0.3 is 14.8 Å². The molecule has 10 heteroatoms. The molecular formula is C19H28N2O6S2. The van der Waals surface area contributed by atoms with Crippen LogP contribution in [0.15, 0.2) is 23.1 Å². The number of thioether (sulfide) groups is 1. The number of ether oxygens (including phenoxy) is 2. The summed E-state index contributed by atoms with van der Waals surface area (Å²) in [5.74, 6) is 0.328. The second kappa shape index (κ2) is 11.4. The molecule has 1 aromatic carbocycles. The first-order valence-electron chi connectivity index (χ1n) is 9.60. The molecule has 0 aromatic heterocycles. The molecule has 1 N–H and O–H groups in total. The molecule has 0 unspecified atom stereocenters. The van der Waals surface area contributed by atoms with Gasteiger partial charge in [0.1, 0.15) is 10.6 Å². The lowest BCUT2D eigenvalue weighted by Crippen LogP contribution is -2.35. The molecule has 2 rings (SSSR count). The number of piperidine rings is 1. The maximum atomic E-state index is 13.1. The molecule has 1 saturated heterocycles. The van der Waals surface area contributed by atoms with E-state index in [1.165, 1.54) is 29.2 Å². The molecule has 29 heavy (non-hydrogen) atoms. The van der Waals surface area contributed by atoms with Crippen molar-refractivity contribution in [2.45, 2.75) is 37.5 Å². The van der Waals surface area contributed by atoms with E-state index >= 15 is 0 Å². The van der Waals surface area contributed by atoms with Crippen LogP contribution in [-0.2, 0) is 24.3 Å². The van der Waals surface area contributed by atoms with Crippen molar-refractivity contribution in [3.8, 4) is 5.75 Å². The van der Waals surface area contributed by atoms with E-state index in [1.54, 1.807) is 19.1 Å². The maximum Gasteiger partial charge on any atom is 0.315 e. The zero-order valence-electron chi connectivity index (χ0n) is 16.8. The highest BCUT2D eigenvalue weighted by atomic mass is 32.2. The van der Waals surface area contributed by atoms with Crippen molar-refractivity contribution in [2.24, 2.45) is 0 Å². The number of sulfonamides is 1. The summed E-state index contributed by atoms with van der Waals surface area (Å²) < 4.78 is 37.8. The zero-order valence-corrected chi connectivity index (χ0v) is 18.4. The number of nitrogens with zero attached hydrogens (tertiary/aromatic N) is 1. The van der Waals surface area contributed by atoms with E-state index in [0.29, 0.717) is 31.1 Å². The molecular weight excluding hydrogens is 416 g/mol. The summed E-state index contributed by atoms with van der Waals surface area (Å²) in [5, 5.41) is 2.72. The predicted molar refractivity (Wildman–Crippen MR) is 113 cm³/mol. The Kier molecular flexibility index (Phi) is 9.25. The Morgan fingerprint density at radius 2 is 1.93 bits per heavy atom. The number of amides is 1. The molecule has 1 heterocycles. The minimum atomic E-state index is -3.70. The van der Waals surface area contributed by atoms with E-state index in [2.05, 4.69) is 10.1 Å². The van der Waals surface area contributed by atoms with E-state index < -0.39 is 10.0 Å². The highest BCUT2D eigenvalue weighted by molar-refractivity contribution is 7.99. The normalized spacial score (nSPS) is 15.0. The van der Waals surface area contributed by atoms with Crippen molar-refractivity contribution >= 4 is 39.3 Å². The lowest BCUT2D eigenvalue weighted by molar-refractivity contribution is -0.137. The van der Waals surface area contributed by atoms with Gasteiger partial charge in [0.2, 0.25) is 15.9 Å². The van der Waals surface area contributed by atoms with Crippen LogP contribution in [0.4, 0.5) is 5.69 Å². The van der Waals surface area contributed by atoms with Gasteiger partial charge in [-0.15, -0.1) is 11.8 Å². The third-order valence-electron chi connectivity index (χ3n) is 4.38. The molecule has 0 saturated carbocycles. The fraction of sp³-hybridized carbons (Fsp3) is 0.579. The summed E-state index contributed by atoms with van der Waals surface area (Å²) in [5.41, 5.74) is 0.395. The Labute approximate surface area is 176 Å². The van der Waals surface area contributed by atoms with Gasteiger partial charge in [-0.3, -0.25) is 9.59 Å². The summed E-state index contributed by atoms with van der Waals surface area (Å²) >= 11 is 1.30. The van der Waals surface area contributed by atoms with Crippen LogP contribution < -0.4 is 10.1 Å². The second-order valence-corrected chi connectivity index (χ2v) is 9.50. The van der Waals surface area contributed by atoms with E-state index in [4.69, 9.17) is 4.74 Å². The smallest absolute Gasteiger partial charge is 0.315 e. The highest BCUT2D eigenvalue weighted by Gasteiger charge is 2.29. The molecule has 162 valence electrons. The lowest BCUT2D eigenvalue weighted by atomic mass is 10.2. The first-order valence-corrected chi connectivity index (χ1v) is 12.2. The molecule has 1 aliphatic heterocycles. The first-order chi connectivity index (χ1) is 13.9. The van der Waals surface area contributed by atoms with Crippen molar-refractivity contribution in [2.75, 3.05) is 43.6 Å². The van der Waals surface area contributed by atoms with Crippen molar-refractivity contribution in [1.82, 2.24) is 4.31 Å². The Balaban J connectivity index is 2.09. The number of benzene rings is 1. The van der Waals surface area contributed by atoms with Crippen LogP contribution in [-0.4, -0.2) is 62.9 Å². The summed E-state index contributed by atoms with van der Waals surface area (Å²) in [6.07, 6.45) is 2.89. The van der Waals surface area contributed by atoms with Gasteiger partial charge in [0.25, 0.3) is 0 Å². The van der Waals surface area contributed by atoms with Crippen molar-refractivity contribution < 1.29 is 27.5 Å². The largest absolute Gasteiger partial charge is 0.492 e. The second-order valence-electron chi connectivity index (χ2n) is 6.49. The maximum absolute atomic E-state index is 13.1. The number of carbonyl (C=O) groups excluding carboxylic acids is 2. The van der Waals surface area contributed by atoms with E-state index in [9.17, 15) is 18.0 Å². The summed E-state index contributed by atoms with van der Waals surface area (Å²) in [7, 11) is -2.39. The molecule has 1 fully saturated rings. The van der Waals surface area contributed by atoms with Gasteiger partial charge >= 0.3 is 5.97 Å². The number of nitrogens with one attached hydrogen (secondary N) is 1. The topological polar surface area (TPSA) is 102 Å². The Morgan fingerprint density at radius 1 is 1.21 bits per heavy atom. The fourth-order valence-corrected chi connectivity index (χ4v) is 5.34. The van der Waals surface area contributed by atoms with E-state index in [1.807, 2.05) is 0 Å². The third kappa shape index (κ3) is 6.90. The van der Waals surface area contributed by atoms with Crippen molar-refractivity contribution in [3.63, 3.8) is 0 Å². The predicted octanol–water partition coefficient (Wildman–Crippen LogP) is 2.49. The molecule has 8 nitrogen and oxygen atoms in total. The fourth-order valence-electron chi connectivity index (χ4n) is 2.91. The number of anilines is 1. The quantitative estimate of drug-likeness (QED) is 0.437. The van der Waals surface area contributed by atoms with Gasteiger partial charge in [0.05, 0.1) is 19.5 Å². The summed E-state index contributed by atoms with van der Waals surface area (Å²) in [6.45, 7) is 3.11. The first kappa shape index (κ1) is 23.5. The minimum Gasteiger partial charge on any atom is -0.492 e. The SMILES string of the molecule is CCOc1ccc(NC(=O)CCSCC(=O)OC)cc1S(=O)(=O)N1CCCCC1. The van der Waals surface area contributed by atoms with Crippen LogP contribution in [0.1, 0.15) is 32.6 Å². The van der Waals surface area contributed by atoms with Gasteiger partial charge in [0.15, 0.2) is 0 Å². The van der Waals surface area contributed by atoms with Gasteiger partial charge in [-0.1, -0.05) is 6.42 Å². The Morgan fingerprint density at radius 3 is 2.59 bits per heavy atom. The number of esters is 1. The lowest BCUT2D eigenvalue weighted by Gasteiger charge is -2.27. The number of hydrogen-bond acceptors (Lipinski definition) is 7. The van der Waals surface area contributed by atoms with Crippen LogP contribution in [0.2, 0.25) is 0 Å². The number of hydrogen-bond donors (Lipinski definition) is 1. The molecule has 1 amide bonds. The van der Waals surface area contributed by atoms with Gasteiger partial charge in [-0.05, 0) is 38.0 Å². The van der Waals surface area contributed by atoms with Crippen molar-refractivity contribution in [1.29, 1.82) is 0 Å². The number of carbonyl (C=O) groups is 2. The molecule has 1 aliphatic rings. The Bertz CT molecular complexity index is 807. The number of methoxy groups -OCH3 is 1. The van der Waals surface area contributed by atoms with Crippen molar-refractivity contribution in [3.05, 3.63) is 18.2 Å². The summed E-state index contributed by atoms with van der Waals surface area (Å²) in [6, 6.07) is 4.65. The van der Waals surface area contributed by atoms with Gasteiger partial charge in [0, 0.05) is 31.0 Å². The minimum absolute atomic E-state index is 0.0686. The van der Waals surface area contributed by atoms with Gasteiger partial charge in [-0.25, -0.2) is 8.42 Å². The molecule has 0 bridgehead atoms. The average Bonchev–Trinajstić information content (AvgIpc) is 2.72. The highest BCUT2D eigenvalue weighted by Crippen LogP contribution is 2.31. The van der Waals surface area contributed by atoms with Crippen LogP contribution in [0.25, 0.3) is 0 Å². The van der Waals surface area contributed by atoms with Crippen LogP contribution >= 0.6 is 11.8 Å². The Hall–Kier alpha value is -1.78. The third-order valence-corrected chi connectivity index (χ3v) is 7.23. The number of rotatable bonds is 10. The van der Waals surface area contributed by atoms with Crippen LogP contribution in [0, 0.1) is 0 Å². The van der Waals surface area contributed by atoms with Crippen LogP contribution in [0.3, 0.4) is 0 Å². The summed E-state index contributed by atoms with van der Waals surface area (Å²) in [4.78, 5) is 23.3. The standard InChI is InChI=1S/C19H28N2O6S2/c1-3-27-16-8-7-15(20-18(22)9-12-28-14-19(23)26-2)13-17(16)29(24,25)21-10-5-4-6-11-21/h7-8,13H,3-6,9-12,14H2,1-2H3,(H,20,22). The molecule has 0 atom stereocenters. The molecule has 0 spiro atoms. The molecule has 1 aromatic rings. The van der Waals surface area contributed by atoms with Crippen LogP contribution in [0.5, 0.6) is 5.75 Å². The van der Waals surface area contributed by atoms with E-state index in [0.717, 1.165) is 19.3 Å².